The molecule has 0 N–H and O–H groups in total. The van der Waals surface area contributed by atoms with Gasteiger partial charge in [0.1, 0.15) is 5.83 Å². The summed E-state index contributed by atoms with van der Waals surface area (Å²) in [6.45, 7) is 3.15. The molecule has 0 nitrogen and oxygen atoms in total. The highest BCUT2D eigenvalue weighted by molar-refractivity contribution is 6.32. The lowest BCUT2D eigenvalue weighted by Crippen LogP contribution is -1.82. The Hall–Kier alpha value is -0.820. The van der Waals surface area contributed by atoms with E-state index >= 15 is 0 Å². The molecular formula is C10H10ClF. The summed E-state index contributed by atoms with van der Waals surface area (Å²) < 4.78 is 12.8. The molecule has 0 radical (unpaired) electrons. The molecule has 2 heteroatoms. The van der Waals surface area contributed by atoms with E-state index in [1.165, 1.54) is 6.92 Å². The number of halogens is 2. The van der Waals surface area contributed by atoms with Crippen molar-refractivity contribution in [1.29, 1.82) is 0 Å². The van der Waals surface area contributed by atoms with Crippen molar-refractivity contribution in [2.24, 2.45) is 0 Å². The van der Waals surface area contributed by atoms with Crippen LogP contribution in [-0.2, 0) is 0 Å². The maximum atomic E-state index is 12.8. The minimum atomic E-state index is -0.192. The molecule has 1 rings (SSSR count). The summed E-state index contributed by atoms with van der Waals surface area (Å²) >= 11 is 5.86. The Bertz CT molecular complexity index is 311. The third-order valence-electron chi connectivity index (χ3n) is 1.79. The number of benzene rings is 1. The van der Waals surface area contributed by atoms with Crippen LogP contribution >= 0.6 is 11.6 Å². The largest absolute Gasteiger partial charge is 0.212 e. The van der Waals surface area contributed by atoms with Crippen LogP contribution in [0, 0.1) is 0 Å². The molecule has 0 unspecified atom stereocenters. The van der Waals surface area contributed by atoms with Crippen LogP contribution in [0.25, 0.3) is 5.57 Å². The second kappa shape index (κ2) is 3.72. The zero-order valence-electron chi connectivity index (χ0n) is 7.07. The highest BCUT2D eigenvalue weighted by Gasteiger charge is 2.03. The summed E-state index contributed by atoms with van der Waals surface area (Å²) in [6, 6.07) is 7.23. The molecule has 0 aliphatic carbocycles. The summed E-state index contributed by atoms with van der Waals surface area (Å²) in [5, 5.41) is 0.590. The van der Waals surface area contributed by atoms with Gasteiger partial charge in [-0.15, -0.1) is 0 Å². The highest BCUT2D eigenvalue weighted by atomic mass is 35.5. The third-order valence-corrected chi connectivity index (χ3v) is 2.12. The Morgan fingerprint density at radius 3 is 2.33 bits per heavy atom. The van der Waals surface area contributed by atoms with E-state index in [-0.39, 0.29) is 5.83 Å². The van der Waals surface area contributed by atoms with Crippen LogP contribution in [0.5, 0.6) is 0 Å². The third kappa shape index (κ3) is 1.86. The Balaban J connectivity index is 3.21. The molecule has 0 aliphatic rings. The highest BCUT2D eigenvalue weighted by Crippen LogP contribution is 2.25. The molecule has 0 spiro atoms. The normalized spacial score (nSPS) is 12.7. The fourth-order valence-corrected chi connectivity index (χ4v) is 1.23. The van der Waals surface area contributed by atoms with Gasteiger partial charge in [-0.2, -0.15) is 0 Å². The van der Waals surface area contributed by atoms with Gasteiger partial charge in [0.2, 0.25) is 0 Å². The van der Waals surface area contributed by atoms with Crippen molar-refractivity contribution in [3.05, 3.63) is 40.7 Å². The molecular weight excluding hydrogens is 175 g/mol. The molecule has 0 saturated carbocycles. The lowest BCUT2D eigenvalue weighted by atomic mass is 10.1. The first kappa shape index (κ1) is 9.27. The minimum absolute atomic E-state index is 0.192. The van der Waals surface area contributed by atoms with Crippen molar-refractivity contribution in [2.75, 3.05) is 0 Å². The van der Waals surface area contributed by atoms with E-state index in [2.05, 4.69) is 0 Å². The van der Waals surface area contributed by atoms with E-state index in [9.17, 15) is 4.39 Å². The molecule has 1 aromatic rings. The number of rotatable bonds is 1. The predicted octanol–water partition coefficient (Wildman–Crippen LogP) is 4.06. The smallest absolute Gasteiger partial charge is 0.100 e. The Labute approximate surface area is 76.7 Å². The molecule has 0 heterocycles. The van der Waals surface area contributed by atoms with Crippen LogP contribution in [0.15, 0.2) is 30.1 Å². The van der Waals surface area contributed by atoms with Gasteiger partial charge >= 0.3 is 0 Å². The van der Waals surface area contributed by atoms with E-state index in [4.69, 9.17) is 11.6 Å². The van der Waals surface area contributed by atoms with Crippen LogP contribution in [0.1, 0.15) is 19.4 Å². The van der Waals surface area contributed by atoms with Gasteiger partial charge in [-0.1, -0.05) is 29.8 Å². The second-order valence-electron chi connectivity index (χ2n) is 2.64. The van der Waals surface area contributed by atoms with Crippen LogP contribution in [0.2, 0.25) is 5.02 Å². The van der Waals surface area contributed by atoms with Gasteiger partial charge in [0.05, 0.1) is 0 Å². The van der Waals surface area contributed by atoms with Gasteiger partial charge in [0, 0.05) is 5.02 Å². The van der Waals surface area contributed by atoms with Crippen LogP contribution in [0.4, 0.5) is 4.39 Å². The Morgan fingerprint density at radius 1 is 1.25 bits per heavy atom. The molecule has 0 aliphatic heterocycles. The number of hydrogen-bond donors (Lipinski definition) is 0. The van der Waals surface area contributed by atoms with Crippen molar-refractivity contribution >= 4 is 17.2 Å². The molecule has 0 amide bonds. The molecule has 12 heavy (non-hydrogen) atoms. The lowest BCUT2D eigenvalue weighted by Gasteiger charge is -2.03. The molecule has 64 valence electrons. The quantitative estimate of drug-likeness (QED) is 0.618. The predicted molar refractivity (Wildman–Crippen MR) is 50.8 cm³/mol. The van der Waals surface area contributed by atoms with Gasteiger partial charge in [0.15, 0.2) is 0 Å². The molecule has 1 aromatic carbocycles. The topological polar surface area (TPSA) is 0 Å². The number of hydrogen-bond acceptors (Lipinski definition) is 0. The van der Waals surface area contributed by atoms with Crippen molar-refractivity contribution < 1.29 is 4.39 Å². The van der Waals surface area contributed by atoms with Crippen molar-refractivity contribution in [3.8, 4) is 0 Å². The monoisotopic (exact) mass is 184 g/mol. The molecule has 0 saturated heterocycles. The maximum Gasteiger partial charge on any atom is 0.100 e. The SMILES string of the molecule is C/C(F)=C(\C)c1ccccc1Cl. The van der Waals surface area contributed by atoms with Gasteiger partial charge in [-0.05, 0) is 31.1 Å². The van der Waals surface area contributed by atoms with Gasteiger partial charge in [-0.25, -0.2) is 4.39 Å². The first-order valence-corrected chi connectivity index (χ1v) is 4.08. The lowest BCUT2D eigenvalue weighted by molar-refractivity contribution is 0.643. The zero-order valence-corrected chi connectivity index (χ0v) is 7.82. The standard InChI is InChI=1S/C10H10ClF/c1-7(8(2)12)9-5-3-4-6-10(9)11/h3-6H,1-2H3/b8-7-. The van der Waals surface area contributed by atoms with E-state index in [1.54, 1.807) is 19.1 Å². The minimum Gasteiger partial charge on any atom is -0.212 e. The Morgan fingerprint density at radius 2 is 1.83 bits per heavy atom. The summed E-state index contributed by atoms with van der Waals surface area (Å²) in [4.78, 5) is 0. The molecule has 0 aromatic heterocycles. The van der Waals surface area contributed by atoms with Gasteiger partial charge in [0.25, 0.3) is 0 Å². The molecule has 0 bridgehead atoms. The van der Waals surface area contributed by atoms with Crippen LogP contribution in [-0.4, -0.2) is 0 Å². The molecule has 0 atom stereocenters. The van der Waals surface area contributed by atoms with E-state index in [0.29, 0.717) is 10.6 Å². The van der Waals surface area contributed by atoms with E-state index < -0.39 is 0 Å². The van der Waals surface area contributed by atoms with Crippen molar-refractivity contribution in [2.45, 2.75) is 13.8 Å². The van der Waals surface area contributed by atoms with Gasteiger partial charge < -0.3 is 0 Å². The second-order valence-corrected chi connectivity index (χ2v) is 3.05. The summed E-state index contributed by atoms with van der Waals surface area (Å²) in [6.07, 6.45) is 0. The first-order chi connectivity index (χ1) is 5.63. The zero-order chi connectivity index (χ0) is 9.14. The van der Waals surface area contributed by atoms with Crippen molar-refractivity contribution in [1.82, 2.24) is 0 Å². The van der Waals surface area contributed by atoms with Gasteiger partial charge in [-0.3, -0.25) is 0 Å². The average molecular weight is 185 g/mol. The summed E-state index contributed by atoms with van der Waals surface area (Å²) in [7, 11) is 0. The van der Waals surface area contributed by atoms with E-state index in [1.807, 2.05) is 12.1 Å². The Kier molecular flexibility index (Phi) is 2.88. The first-order valence-electron chi connectivity index (χ1n) is 3.71. The molecule has 0 fully saturated rings. The van der Waals surface area contributed by atoms with Crippen LogP contribution < -0.4 is 0 Å². The summed E-state index contributed by atoms with van der Waals surface area (Å²) in [5.41, 5.74) is 1.36. The maximum absolute atomic E-state index is 12.8. The fourth-order valence-electron chi connectivity index (χ4n) is 0.951. The number of allylic oxidation sites excluding steroid dienone is 2. The average Bonchev–Trinajstić information content (AvgIpc) is 2.04. The van der Waals surface area contributed by atoms with E-state index in [0.717, 1.165) is 5.56 Å². The van der Waals surface area contributed by atoms with Crippen molar-refractivity contribution in [3.63, 3.8) is 0 Å². The summed E-state index contributed by atoms with van der Waals surface area (Å²) in [5.74, 6) is -0.192. The fraction of sp³-hybridized carbons (Fsp3) is 0.200. The van der Waals surface area contributed by atoms with Crippen LogP contribution in [0.3, 0.4) is 0 Å².